The van der Waals surface area contributed by atoms with E-state index in [0.29, 0.717) is 12.7 Å². The first kappa shape index (κ1) is 18.7. The van der Waals surface area contributed by atoms with Crippen LogP contribution < -0.4 is 4.74 Å². The molecule has 0 aromatic heterocycles. The number of rotatable bonds is 6. The summed E-state index contributed by atoms with van der Waals surface area (Å²) >= 11 is 0. The van der Waals surface area contributed by atoms with Gasteiger partial charge in [0, 0.05) is 51.5 Å². The molecule has 3 saturated heterocycles. The van der Waals surface area contributed by atoms with Crippen molar-refractivity contribution >= 4 is 5.91 Å². The van der Waals surface area contributed by atoms with Crippen LogP contribution in [0.15, 0.2) is 24.3 Å². The first-order valence-electron chi connectivity index (χ1n) is 10.3. The van der Waals surface area contributed by atoms with Gasteiger partial charge in [-0.2, -0.15) is 0 Å². The summed E-state index contributed by atoms with van der Waals surface area (Å²) in [6, 6.07) is 7.50. The molecule has 6 heteroatoms. The minimum atomic E-state index is 0.109. The number of ether oxygens (including phenoxy) is 3. The van der Waals surface area contributed by atoms with E-state index in [2.05, 4.69) is 4.90 Å². The molecule has 1 amide bonds. The molecule has 0 radical (unpaired) electrons. The van der Waals surface area contributed by atoms with Gasteiger partial charge in [-0.15, -0.1) is 0 Å². The summed E-state index contributed by atoms with van der Waals surface area (Å²) in [5, 5.41) is 0. The highest BCUT2D eigenvalue weighted by atomic mass is 16.5. The van der Waals surface area contributed by atoms with Gasteiger partial charge in [0.15, 0.2) is 0 Å². The van der Waals surface area contributed by atoms with Gasteiger partial charge in [0.2, 0.25) is 0 Å². The molecule has 0 bridgehead atoms. The van der Waals surface area contributed by atoms with E-state index in [4.69, 9.17) is 14.2 Å². The maximum Gasteiger partial charge on any atom is 0.253 e. The molecule has 27 heavy (non-hydrogen) atoms. The molecule has 4 rings (SSSR count). The van der Waals surface area contributed by atoms with Crippen LogP contribution in [0.25, 0.3) is 0 Å². The van der Waals surface area contributed by atoms with Crippen molar-refractivity contribution in [1.29, 1.82) is 0 Å². The van der Waals surface area contributed by atoms with Gasteiger partial charge in [0.25, 0.3) is 5.91 Å². The molecule has 2 atom stereocenters. The van der Waals surface area contributed by atoms with Crippen LogP contribution in [-0.4, -0.2) is 80.5 Å². The highest BCUT2D eigenvalue weighted by Gasteiger charge is 2.25. The monoisotopic (exact) mass is 374 g/mol. The average Bonchev–Trinajstić information content (AvgIpc) is 3.41. The van der Waals surface area contributed by atoms with E-state index >= 15 is 0 Å². The number of piperazine rings is 1. The molecular formula is C21H30N2O4. The lowest BCUT2D eigenvalue weighted by molar-refractivity contribution is 0.0432. The van der Waals surface area contributed by atoms with Crippen molar-refractivity contribution in [2.24, 2.45) is 0 Å². The summed E-state index contributed by atoms with van der Waals surface area (Å²) in [5.74, 6) is 0.904. The first-order chi connectivity index (χ1) is 13.3. The van der Waals surface area contributed by atoms with Crippen LogP contribution in [0.1, 0.15) is 36.0 Å². The molecule has 1 aromatic carbocycles. The molecular weight excluding hydrogens is 344 g/mol. The van der Waals surface area contributed by atoms with E-state index in [1.54, 1.807) is 0 Å². The highest BCUT2D eigenvalue weighted by molar-refractivity contribution is 5.94. The largest absolute Gasteiger partial charge is 0.491 e. The second kappa shape index (κ2) is 9.04. The molecule has 0 saturated carbocycles. The zero-order valence-electron chi connectivity index (χ0n) is 16.0. The Morgan fingerprint density at radius 1 is 0.963 bits per heavy atom. The van der Waals surface area contributed by atoms with Crippen LogP contribution in [0.3, 0.4) is 0 Å². The molecule has 3 aliphatic heterocycles. The van der Waals surface area contributed by atoms with Gasteiger partial charge in [-0.1, -0.05) is 0 Å². The number of hydrogen-bond acceptors (Lipinski definition) is 5. The minimum Gasteiger partial charge on any atom is -0.491 e. The summed E-state index contributed by atoms with van der Waals surface area (Å²) in [5.41, 5.74) is 0.729. The molecule has 3 aliphatic rings. The number of hydrogen-bond donors (Lipinski definition) is 0. The highest BCUT2D eigenvalue weighted by Crippen LogP contribution is 2.19. The summed E-state index contributed by atoms with van der Waals surface area (Å²) in [7, 11) is 0. The third-order valence-corrected chi connectivity index (χ3v) is 5.71. The maximum atomic E-state index is 12.8. The van der Waals surface area contributed by atoms with Crippen molar-refractivity contribution in [1.82, 2.24) is 9.80 Å². The smallest absolute Gasteiger partial charge is 0.253 e. The van der Waals surface area contributed by atoms with Crippen LogP contribution in [0.4, 0.5) is 0 Å². The number of nitrogens with zero attached hydrogens (tertiary/aromatic N) is 2. The van der Waals surface area contributed by atoms with Gasteiger partial charge in [-0.05, 0) is 49.9 Å². The van der Waals surface area contributed by atoms with Gasteiger partial charge in [0.05, 0.1) is 12.2 Å². The lowest BCUT2D eigenvalue weighted by atomic mass is 10.1. The van der Waals surface area contributed by atoms with Crippen molar-refractivity contribution in [2.45, 2.75) is 37.9 Å². The first-order valence-corrected chi connectivity index (χ1v) is 10.3. The lowest BCUT2D eigenvalue weighted by Gasteiger charge is -2.35. The van der Waals surface area contributed by atoms with Gasteiger partial charge in [-0.25, -0.2) is 0 Å². The number of carbonyl (C=O) groups excluding carboxylic acids is 1. The maximum absolute atomic E-state index is 12.8. The van der Waals surface area contributed by atoms with E-state index in [-0.39, 0.29) is 12.0 Å². The second-order valence-corrected chi connectivity index (χ2v) is 7.70. The molecule has 148 valence electrons. The fraction of sp³-hybridized carbons (Fsp3) is 0.667. The minimum absolute atomic E-state index is 0.109. The Bertz CT molecular complexity index is 601. The van der Waals surface area contributed by atoms with Gasteiger partial charge < -0.3 is 19.1 Å². The van der Waals surface area contributed by atoms with Crippen LogP contribution in [0.5, 0.6) is 5.75 Å². The molecule has 0 unspecified atom stereocenters. The third kappa shape index (κ3) is 5.00. The molecule has 3 fully saturated rings. The summed E-state index contributed by atoms with van der Waals surface area (Å²) < 4.78 is 17.1. The quantitative estimate of drug-likeness (QED) is 0.764. The number of benzene rings is 1. The van der Waals surface area contributed by atoms with E-state index in [1.807, 2.05) is 29.2 Å². The van der Waals surface area contributed by atoms with Gasteiger partial charge in [-0.3, -0.25) is 9.69 Å². The summed E-state index contributed by atoms with van der Waals surface area (Å²) in [4.78, 5) is 17.1. The SMILES string of the molecule is O=C(c1ccc(OC[C@@H]2CCCO2)cc1)N1CCN(C[C@H]2CCCO2)CC1. The predicted molar refractivity (Wildman–Crippen MR) is 102 cm³/mol. The Morgan fingerprint density at radius 3 is 2.26 bits per heavy atom. The standard InChI is InChI=1S/C21H30N2O4/c24-21(23-11-9-22(10-12-23)15-19-3-1-13-25-19)17-5-7-18(8-6-17)27-16-20-4-2-14-26-20/h5-8,19-20H,1-4,9-16H2/t19-,20+/m1/s1. The third-order valence-electron chi connectivity index (χ3n) is 5.71. The van der Waals surface area contributed by atoms with E-state index in [9.17, 15) is 4.79 Å². The Morgan fingerprint density at radius 2 is 1.63 bits per heavy atom. The predicted octanol–water partition coefficient (Wildman–Crippen LogP) is 2.18. The van der Waals surface area contributed by atoms with Crippen molar-refractivity contribution in [2.75, 3.05) is 52.5 Å². The molecule has 0 aliphatic carbocycles. The van der Waals surface area contributed by atoms with E-state index < -0.39 is 0 Å². The van der Waals surface area contributed by atoms with Crippen LogP contribution >= 0.6 is 0 Å². The summed E-state index contributed by atoms with van der Waals surface area (Å²) in [6.07, 6.45) is 5.11. The van der Waals surface area contributed by atoms with Gasteiger partial charge in [0.1, 0.15) is 12.4 Å². The molecule has 6 nitrogen and oxygen atoms in total. The zero-order valence-corrected chi connectivity index (χ0v) is 16.0. The molecule has 0 spiro atoms. The van der Waals surface area contributed by atoms with Crippen LogP contribution in [0, 0.1) is 0 Å². The number of amides is 1. The van der Waals surface area contributed by atoms with Gasteiger partial charge >= 0.3 is 0 Å². The molecule has 0 N–H and O–H groups in total. The zero-order chi connectivity index (χ0) is 18.5. The van der Waals surface area contributed by atoms with Crippen molar-refractivity contribution in [3.05, 3.63) is 29.8 Å². The van der Waals surface area contributed by atoms with E-state index in [1.165, 1.54) is 12.8 Å². The second-order valence-electron chi connectivity index (χ2n) is 7.70. The fourth-order valence-electron chi connectivity index (χ4n) is 4.05. The van der Waals surface area contributed by atoms with Crippen LogP contribution in [0.2, 0.25) is 0 Å². The normalized spacial score (nSPS) is 26.4. The Balaban J connectivity index is 1.23. The Labute approximate surface area is 161 Å². The summed E-state index contributed by atoms with van der Waals surface area (Å²) in [6.45, 7) is 6.73. The molecule has 1 aromatic rings. The van der Waals surface area contributed by atoms with Crippen molar-refractivity contribution in [3.63, 3.8) is 0 Å². The average molecular weight is 374 g/mol. The fourth-order valence-corrected chi connectivity index (χ4v) is 4.05. The Hall–Kier alpha value is -1.63. The van der Waals surface area contributed by atoms with Crippen molar-refractivity contribution < 1.29 is 19.0 Å². The van der Waals surface area contributed by atoms with E-state index in [0.717, 1.165) is 70.1 Å². The Kier molecular flexibility index (Phi) is 6.27. The number of carbonyl (C=O) groups is 1. The topological polar surface area (TPSA) is 51.2 Å². The lowest BCUT2D eigenvalue weighted by Crippen LogP contribution is -2.50. The van der Waals surface area contributed by atoms with Crippen molar-refractivity contribution in [3.8, 4) is 5.75 Å². The van der Waals surface area contributed by atoms with Crippen LogP contribution in [-0.2, 0) is 9.47 Å². The molecule has 3 heterocycles.